The van der Waals surface area contributed by atoms with Gasteiger partial charge in [-0.05, 0) is 44.4 Å². The average molecular weight is 273 g/mol. The quantitative estimate of drug-likeness (QED) is 0.822. The van der Waals surface area contributed by atoms with Crippen molar-refractivity contribution in [3.8, 4) is 5.75 Å². The van der Waals surface area contributed by atoms with Crippen molar-refractivity contribution in [2.45, 2.75) is 51.9 Å². The van der Waals surface area contributed by atoms with Crippen molar-refractivity contribution < 1.29 is 9.47 Å². The van der Waals surface area contributed by atoms with E-state index < -0.39 is 0 Å². The minimum absolute atomic E-state index is 0.348. The molecule has 1 fully saturated rings. The lowest BCUT2D eigenvalue weighted by molar-refractivity contribution is 0.0465. The highest BCUT2D eigenvalue weighted by molar-refractivity contribution is 5.86. The molecule has 20 heavy (non-hydrogen) atoms. The third-order valence-corrected chi connectivity index (χ3v) is 3.96. The zero-order valence-corrected chi connectivity index (χ0v) is 12.3. The van der Waals surface area contributed by atoms with Crippen LogP contribution in [0.25, 0.3) is 10.9 Å². The maximum atomic E-state index is 5.93. The van der Waals surface area contributed by atoms with Crippen molar-refractivity contribution in [3.05, 3.63) is 30.5 Å². The fraction of sp³-hybridized carbons (Fsp3) is 0.529. The molecule has 3 heteroatoms. The van der Waals surface area contributed by atoms with Crippen molar-refractivity contribution in [3.63, 3.8) is 0 Å². The van der Waals surface area contributed by atoms with Gasteiger partial charge in [0.25, 0.3) is 0 Å². The normalized spacial score (nSPS) is 22.5. The first kappa shape index (κ1) is 13.5. The van der Waals surface area contributed by atoms with Gasteiger partial charge < -0.3 is 14.0 Å². The molecule has 1 saturated heterocycles. The molecule has 3 nitrogen and oxygen atoms in total. The highest BCUT2D eigenvalue weighted by Gasteiger charge is 2.22. The summed E-state index contributed by atoms with van der Waals surface area (Å²) in [5.74, 6) is 0.990. The molecule has 0 N–H and O–H groups in total. The first-order valence-electron chi connectivity index (χ1n) is 7.64. The Hall–Kier alpha value is -1.48. The van der Waals surface area contributed by atoms with Crippen molar-refractivity contribution >= 4 is 10.9 Å². The number of fused-ring (bicyclic) bond motifs is 1. The smallest absolute Gasteiger partial charge is 0.128 e. The van der Waals surface area contributed by atoms with Crippen LogP contribution in [0.3, 0.4) is 0 Å². The lowest BCUT2D eigenvalue weighted by Crippen LogP contribution is -2.15. The molecule has 0 saturated carbocycles. The highest BCUT2D eigenvalue weighted by Crippen LogP contribution is 2.28. The van der Waals surface area contributed by atoms with E-state index in [4.69, 9.17) is 9.47 Å². The minimum atomic E-state index is 0.348. The van der Waals surface area contributed by atoms with Crippen molar-refractivity contribution in [1.29, 1.82) is 0 Å². The molecule has 3 rings (SSSR count). The van der Waals surface area contributed by atoms with Crippen molar-refractivity contribution in [2.75, 3.05) is 6.61 Å². The fourth-order valence-electron chi connectivity index (χ4n) is 2.93. The Bertz CT molecular complexity index is 575. The van der Waals surface area contributed by atoms with Crippen LogP contribution in [0.5, 0.6) is 5.75 Å². The SMILES string of the molecule is CCCOc1cccc2c1ccn2CC1CCC(C)O1. The number of ether oxygens (including phenoxy) is 2. The Morgan fingerprint density at radius 3 is 2.95 bits per heavy atom. The van der Waals surface area contributed by atoms with Crippen LogP contribution in [-0.2, 0) is 11.3 Å². The summed E-state index contributed by atoms with van der Waals surface area (Å²) >= 11 is 0. The topological polar surface area (TPSA) is 23.4 Å². The summed E-state index contributed by atoms with van der Waals surface area (Å²) in [5.41, 5.74) is 1.24. The molecule has 0 spiro atoms. The molecule has 2 heterocycles. The Labute approximate surface area is 120 Å². The molecule has 1 aromatic heterocycles. The van der Waals surface area contributed by atoms with Crippen LogP contribution >= 0.6 is 0 Å². The largest absolute Gasteiger partial charge is 0.493 e. The van der Waals surface area contributed by atoms with Crippen LogP contribution in [0.1, 0.15) is 33.1 Å². The summed E-state index contributed by atoms with van der Waals surface area (Å²) in [5, 5.41) is 1.20. The van der Waals surface area contributed by atoms with E-state index in [0.717, 1.165) is 31.7 Å². The molecule has 0 bridgehead atoms. The van der Waals surface area contributed by atoms with Crippen LogP contribution in [0.2, 0.25) is 0 Å². The monoisotopic (exact) mass is 273 g/mol. The Balaban J connectivity index is 1.82. The molecular formula is C17H23NO2. The second kappa shape index (κ2) is 5.88. The van der Waals surface area contributed by atoms with E-state index in [-0.39, 0.29) is 0 Å². The van der Waals surface area contributed by atoms with Crippen LogP contribution in [-0.4, -0.2) is 23.4 Å². The van der Waals surface area contributed by atoms with Gasteiger partial charge in [-0.15, -0.1) is 0 Å². The molecule has 2 aromatic rings. The Kier molecular flexibility index (Phi) is 3.97. The molecule has 0 amide bonds. The summed E-state index contributed by atoms with van der Waals surface area (Å²) in [6.07, 6.45) is 6.27. The molecule has 0 radical (unpaired) electrons. The van der Waals surface area contributed by atoms with Gasteiger partial charge in [-0.1, -0.05) is 13.0 Å². The van der Waals surface area contributed by atoms with E-state index in [1.807, 2.05) is 0 Å². The molecule has 2 atom stereocenters. The van der Waals surface area contributed by atoms with Gasteiger partial charge in [-0.2, -0.15) is 0 Å². The van der Waals surface area contributed by atoms with Crippen molar-refractivity contribution in [2.24, 2.45) is 0 Å². The number of aromatic nitrogens is 1. The maximum absolute atomic E-state index is 5.93. The number of rotatable bonds is 5. The number of hydrogen-bond acceptors (Lipinski definition) is 2. The summed E-state index contributed by atoms with van der Waals surface area (Å²) in [7, 11) is 0. The average Bonchev–Trinajstić information content (AvgIpc) is 3.04. The van der Waals surface area contributed by atoms with E-state index in [0.29, 0.717) is 12.2 Å². The van der Waals surface area contributed by atoms with Crippen LogP contribution < -0.4 is 4.74 Å². The minimum Gasteiger partial charge on any atom is -0.493 e. The molecule has 108 valence electrons. The zero-order chi connectivity index (χ0) is 13.9. The first-order chi connectivity index (χ1) is 9.78. The third-order valence-electron chi connectivity index (χ3n) is 3.96. The van der Waals surface area contributed by atoms with Gasteiger partial charge in [0.1, 0.15) is 5.75 Å². The lowest BCUT2D eigenvalue weighted by atomic mass is 10.2. The standard InChI is InChI=1S/C17H23NO2/c1-3-11-19-17-6-4-5-16-15(17)9-10-18(16)12-14-8-7-13(2)20-14/h4-6,9-10,13-14H,3,7-8,11-12H2,1-2H3. The fourth-order valence-corrected chi connectivity index (χ4v) is 2.93. The molecule has 0 aliphatic carbocycles. The predicted octanol–water partition coefficient (Wildman–Crippen LogP) is 4.00. The van der Waals surface area contributed by atoms with E-state index in [1.54, 1.807) is 0 Å². The summed E-state index contributed by atoms with van der Waals surface area (Å²) < 4.78 is 14.0. The van der Waals surface area contributed by atoms with E-state index in [1.165, 1.54) is 17.3 Å². The van der Waals surface area contributed by atoms with E-state index >= 15 is 0 Å². The first-order valence-corrected chi connectivity index (χ1v) is 7.64. The van der Waals surface area contributed by atoms with Gasteiger partial charge in [-0.25, -0.2) is 0 Å². The zero-order valence-electron chi connectivity index (χ0n) is 12.3. The van der Waals surface area contributed by atoms with Gasteiger partial charge in [0.2, 0.25) is 0 Å². The lowest BCUT2D eigenvalue weighted by Gasteiger charge is -2.13. The van der Waals surface area contributed by atoms with Gasteiger partial charge >= 0.3 is 0 Å². The van der Waals surface area contributed by atoms with Crippen LogP contribution in [0, 0.1) is 0 Å². The third kappa shape index (κ3) is 2.68. The Morgan fingerprint density at radius 1 is 1.30 bits per heavy atom. The molecule has 1 aromatic carbocycles. The van der Waals surface area contributed by atoms with Gasteiger partial charge in [-0.3, -0.25) is 0 Å². The summed E-state index contributed by atoms with van der Waals surface area (Å²) in [6, 6.07) is 8.43. The molecule has 1 aliphatic heterocycles. The van der Waals surface area contributed by atoms with E-state index in [9.17, 15) is 0 Å². The second-order valence-electron chi connectivity index (χ2n) is 5.65. The number of nitrogens with zero attached hydrogens (tertiary/aromatic N) is 1. The maximum Gasteiger partial charge on any atom is 0.128 e. The summed E-state index contributed by atoms with van der Waals surface area (Å²) in [4.78, 5) is 0. The molecule has 2 unspecified atom stereocenters. The number of hydrogen-bond donors (Lipinski definition) is 0. The molecular weight excluding hydrogens is 250 g/mol. The van der Waals surface area contributed by atoms with Gasteiger partial charge in [0, 0.05) is 18.1 Å². The predicted molar refractivity (Wildman–Crippen MR) is 81.3 cm³/mol. The second-order valence-corrected chi connectivity index (χ2v) is 5.65. The highest BCUT2D eigenvalue weighted by atomic mass is 16.5. The van der Waals surface area contributed by atoms with Gasteiger partial charge in [0.05, 0.1) is 24.3 Å². The van der Waals surface area contributed by atoms with Crippen LogP contribution in [0.4, 0.5) is 0 Å². The summed E-state index contributed by atoms with van der Waals surface area (Å²) in [6.45, 7) is 5.99. The number of benzene rings is 1. The van der Waals surface area contributed by atoms with E-state index in [2.05, 4.69) is 48.9 Å². The van der Waals surface area contributed by atoms with Gasteiger partial charge in [0.15, 0.2) is 0 Å². The van der Waals surface area contributed by atoms with Crippen molar-refractivity contribution in [1.82, 2.24) is 4.57 Å². The molecule has 1 aliphatic rings. The van der Waals surface area contributed by atoms with Crippen LogP contribution in [0.15, 0.2) is 30.5 Å². The Morgan fingerprint density at radius 2 is 2.20 bits per heavy atom.